The summed E-state index contributed by atoms with van der Waals surface area (Å²) in [5, 5.41) is 2.96. The van der Waals surface area contributed by atoms with Gasteiger partial charge in [-0.05, 0) is 55.7 Å². The molecule has 1 N–H and O–H groups in total. The fourth-order valence-corrected chi connectivity index (χ4v) is 4.25. The zero-order chi connectivity index (χ0) is 19.8. The molecule has 27 heavy (non-hydrogen) atoms. The maximum atomic E-state index is 12.5. The second kappa shape index (κ2) is 7.32. The van der Waals surface area contributed by atoms with Crippen LogP contribution < -0.4 is 10.2 Å². The summed E-state index contributed by atoms with van der Waals surface area (Å²) in [5.74, 6) is -0.0835. The van der Waals surface area contributed by atoms with E-state index in [1.165, 1.54) is 18.4 Å². The molecule has 0 atom stereocenters. The third-order valence-electron chi connectivity index (χ3n) is 4.81. The van der Waals surface area contributed by atoms with Gasteiger partial charge in [0.25, 0.3) is 0 Å². The van der Waals surface area contributed by atoms with Gasteiger partial charge in [0.15, 0.2) is 0 Å². The molecule has 1 heterocycles. The first kappa shape index (κ1) is 19.4. The molecular weight excluding hydrogens is 362 g/mol. The van der Waals surface area contributed by atoms with Crippen LogP contribution in [0.15, 0.2) is 41.3 Å². The Kier molecular flexibility index (Phi) is 5.26. The molecule has 0 spiro atoms. The lowest BCUT2D eigenvalue weighted by atomic mass is 10.1. The summed E-state index contributed by atoms with van der Waals surface area (Å²) in [6.07, 6.45) is 0.725. The molecule has 0 radical (unpaired) electrons. The van der Waals surface area contributed by atoms with E-state index in [-0.39, 0.29) is 17.3 Å². The lowest BCUT2D eigenvalue weighted by Crippen LogP contribution is -2.32. The van der Waals surface area contributed by atoms with Crippen molar-refractivity contribution in [1.29, 1.82) is 0 Å². The summed E-state index contributed by atoms with van der Waals surface area (Å²) in [7, 11) is -0.412. The zero-order valence-corrected chi connectivity index (χ0v) is 16.9. The minimum atomic E-state index is -3.45. The van der Waals surface area contributed by atoms with Crippen LogP contribution >= 0.6 is 0 Å². The number of carbonyl (C=O) groups excluding carboxylic acids is 1. The van der Waals surface area contributed by atoms with E-state index in [2.05, 4.69) is 5.32 Å². The molecule has 1 aliphatic heterocycles. The number of carbonyl (C=O) groups is 1. The normalized spacial score (nSPS) is 13.7. The third-order valence-corrected chi connectivity index (χ3v) is 6.62. The van der Waals surface area contributed by atoms with Crippen LogP contribution in [-0.2, 0) is 21.2 Å². The topological polar surface area (TPSA) is 69.7 Å². The average Bonchev–Trinajstić information content (AvgIpc) is 2.99. The van der Waals surface area contributed by atoms with E-state index >= 15 is 0 Å². The van der Waals surface area contributed by atoms with Crippen molar-refractivity contribution in [2.45, 2.75) is 25.2 Å². The summed E-state index contributed by atoms with van der Waals surface area (Å²) in [6.45, 7) is 4.92. The number of benzene rings is 2. The van der Waals surface area contributed by atoms with Crippen molar-refractivity contribution in [2.24, 2.45) is 0 Å². The van der Waals surface area contributed by atoms with E-state index in [9.17, 15) is 13.2 Å². The zero-order valence-electron chi connectivity index (χ0n) is 16.1. The van der Waals surface area contributed by atoms with E-state index in [0.717, 1.165) is 34.5 Å². The van der Waals surface area contributed by atoms with Crippen molar-refractivity contribution in [3.05, 3.63) is 53.1 Å². The average molecular weight is 388 g/mol. The van der Waals surface area contributed by atoms with Crippen LogP contribution in [0.3, 0.4) is 0 Å². The molecule has 0 fully saturated rings. The van der Waals surface area contributed by atoms with Crippen LogP contribution in [0, 0.1) is 13.8 Å². The molecule has 0 saturated heterocycles. The van der Waals surface area contributed by atoms with Gasteiger partial charge in [0.1, 0.15) is 0 Å². The molecule has 0 aliphatic carbocycles. The van der Waals surface area contributed by atoms with Gasteiger partial charge in [-0.1, -0.05) is 17.7 Å². The number of fused-ring (bicyclic) bond motifs is 1. The molecule has 2 aromatic rings. The lowest BCUT2D eigenvalue weighted by Gasteiger charge is -2.20. The van der Waals surface area contributed by atoms with Gasteiger partial charge in [0.05, 0.1) is 11.4 Å². The van der Waals surface area contributed by atoms with Gasteiger partial charge in [-0.3, -0.25) is 4.79 Å². The molecule has 6 nitrogen and oxygen atoms in total. The van der Waals surface area contributed by atoms with Crippen molar-refractivity contribution in [3.63, 3.8) is 0 Å². The molecule has 144 valence electrons. The van der Waals surface area contributed by atoms with Gasteiger partial charge >= 0.3 is 0 Å². The van der Waals surface area contributed by atoms with E-state index in [4.69, 9.17) is 0 Å². The first-order valence-electron chi connectivity index (χ1n) is 8.86. The van der Waals surface area contributed by atoms with Crippen molar-refractivity contribution in [1.82, 2.24) is 4.31 Å². The minimum Gasteiger partial charge on any atom is -0.362 e. The van der Waals surface area contributed by atoms with Gasteiger partial charge in [-0.25, -0.2) is 12.7 Å². The predicted molar refractivity (Wildman–Crippen MR) is 108 cm³/mol. The predicted octanol–water partition coefficient (Wildman–Crippen LogP) is 2.55. The van der Waals surface area contributed by atoms with Crippen molar-refractivity contribution in [3.8, 4) is 0 Å². The van der Waals surface area contributed by atoms with Gasteiger partial charge < -0.3 is 10.2 Å². The molecule has 3 rings (SSSR count). The number of nitrogens with zero attached hydrogens (tertiary/aromatic N) is 2. The first-order valence-corrected chi connectivity index (χ1v) is 10.3. The maximum absolute atomic E-state index is 12.5. The smallest absolute Gasteiger partial charge is 0.243 e. The van der Waals surface area contributed by atoms with Crippen LogP contribution in [0.25, 0.3) is 0 Å². The van der Waals surface area contributed by atoms with Crippen molar-refractivity contribution >= 4 is 27.3 Å². The number of aryl methyl sites for hydroxylation is 2. The van der Waals surface area contributed by atoms with Crippen LogP contribution in [0.5, 0.6) is 0 Å². The fourth-order valence-electron chi connectivity index (χ4n) is 3.30. The van der Waals surface area contributed by atoms with Gasteiger partial charge in [0.2, 0.25) is 15.9 Å². The Bertz CT molecular complexity index is 984. The monoisotopic (exact) mass is 387 g/mol. The maximum Gasteiger partial charge on any atom is 0.243 e. The summed E-state index contributed by atoms with van der Waals surface area (Å²) >= 11 is 0. The number of anilines is 2. The van der Waals surface area contributed by atoms with Crippen LogP contribution in [0.4, 0.5) is 11.4 Å². The molecule has 0 unspecified atom stereocenters. The standard InChI is InChI=1S/C20H25N3O3S/c1-14-5-7-18(15(2)11-14)21-20(24)13-23-10-9-16-12-17(6-8-19(16)23)27(25,26)22(3)4/h5-8,11-12H,9-10,13H2,1-4H3,(H,21,24). The highest BCUT2D eigenvalue weighted by molar-refractivity contribution is 7.89. The Hall–Kier alpha value is -2.38. The highest BCUT2D eigenvalue weighted by Gasteiger charge is 2.25. The van der Waals surface area contributed by atoms with Crippen molar-refractivity contribution < 1.29 is 13.2 Å². The molecule has 7 heteroatoms. The molecule has 1 amide bonds. The Morgan fingerprint density at radius 3 is 2.56 bits per heavy atom. The molecule has 0 aromatic heterocycles. The quantitative estimate of drug-likeness (QED) is 0.856. The number of nitrogens with one attached hydrogen (secondary N) is 1. The fraction of sp³-hybridized carbons (Fsp3) is 0.350. The SMILES string of the molecule is Cc1ccc(NC(=O)CN2CCc3cc(S(=O)(=O)N(C)C)ccc32)c(C)c1. The largest absolute Gasteiger partial charge is 0.362 e. The number of sulfonamides is 1. The van der Waals surface area contributed by atoms with Gasteiger partial charge in [0, 0.05) is 32.0 Å². The minimum absolute atomic E-state index is 0.0835. The number of hydrogen-bond acceptors (Lipinski definition) is 4. The molecular formula is C20H25N3O3S. The molecule has 1 aliphatic rings. The Morgan fingerprint density at radius 2 is 1.89 bits per heavy atom. The van der Waals surface area contributed by atoms with Crippen LogP contribution in [0.1, 0.15) is 16.7 Å². The second-order valence-electron chi connectivity index (χ2n) is 7.12. The number of hydrogen-bond donors (Lipinski definition) is 1. The van der Waals surface area contributed by atoms with Crippen LogP contribution in [-0.4, -0.2) is 45.8 Å². The molecule has 0 bridgehead atoms. The van der Waals surface area contributed by atoms with E-state index in [0.29, 0.717) is 6.54 Å². The Morgan fingerprint density at radius 1 is 1.15 bits per heavy atom. The summed E-state index contributed by atoms with van der Waals surface area (Å²) in [6, 6.07) is 11.0. The third kappa shape index (κ3) is 3.99. The first-order chi connectivity index (χ1) is 12.7. The molecule has 2 aromatic carbocycles. The summed E-state index contributed by atoms with van der Waals surface area (Å²) < 4.78 is 25.8. The number of rotatable bonds is 5. The van der Waals surface area contributed by atoms with Crippen LogP contribution in [0.2, 0.25) is 0 Å². The van der Waals surface area contributed by atoms with Gasteiger partial charge in [-0.15, -0.1) is 0 Å². The lowest BCUT2D eigenvalue weighted by molar-refractivity contribution is -0.115. The van der Waals surface area contributed by atoms with E-state index in [1.807, 2.05) is 36.9 Å². The Balaban J connectivity index is 1.73. The summed E-state index contributed by atoms with van der Waals surface area (Å²) in [4.78, 5) is 14.7. The van der Waals surface area contributed by atoms with Crippen molar-refractivity contribution in [2.75, 3.05) is 37.4 Å². The van der Waals surface area contributed by atoms with E-state index < -0.39 is 10.0 Å². The Labute approximate surface area is 160 Å². The van der Waals surface area contributed by atoms with Gasteiger partial charge in [-0.2, -0.15) is 0 Å². The molecule has 0 saturated carbocycles. The summed E-state index contributed by atoms with van der Waals surface area (Å²) in [5.41, 5.74) is 4.88. The number of amides is 1. The second-order valence-corrected chi connectivity index (χ2v) is 9.27. The van der Waals surface area contributed by atoms with E-state index in [1.54, 1.807) is 18.2 Å². The highest BCUT2D eigenvalue weighted by Crippen LogP contribution is 2.30. The highest BCUT2D eigenvalue weighted by atomic mass is 32.2.